The Bertz CT molecular complexity index is 309. The molecular weight excluding hydrogens is 253 g/mol. The summed E-state index contributed by atoms with van der Waals surface area (Å²) >= 11 is 0. The average molecular weight is 267 g/mol. The van der Waals surface area contributed by atoms with Gasteiger partial charge in [0, 0.05) is 45.2 Å². The monoisotopic (exact) mass is 267 g/mol. The van der Waals surface area contributed by atoms with Crippen molar-refractivity contribution in [3.05, 3.63) is 24.7 Å². The Kier molecular flexibility index (Phi) is 3.22. The van der Waals surface area contributed by atoms with Crippen molar-refractivity contribution in [2.75, 3.05) is 7.05 Å². The summed E-state index contributed by atoms with van der Waals surface area (Å²) in [5, 5.41) is 0. The molecule has 2 rings (SSSR count). The van der Waals surface area contributed by atoms with E-state index in [1.807, 2.05) is 24.4 Å². The summed E-state index contributed by atoms with van der Waals surface area (Å²) < 4.78 is 5.69. The molecule has 2 heterocycles. The predicted molar refractivity (Wildman–Crippen MR) is 52.1 cm³/mol. The van der Waals surface area contributed by atoms with Gasteiger partial charge in [-0.3, -0.25) is 4.99 Å². The summed E-state index contributed by atoms with van der Waals surface area (Å²) in [7, 11) is 2.00. The molecule has 0 aliphatic carbocycles. The van der Waals surface area contributed by atoms with Gasteiger partial charge in [-0.2, -0.15) is 0 Å². The molecule has 14 heavy (non-hydrogen) atoms. The third-order valence-electron chi connectivity index (χ3n) is 2.81. The molecule has 0 fully saturated rings. The quantitative estimate of drug-likeness (QED) is 0.667. The predicted octanol–water partition coefficient (Wildman–Crippen LogP) is 1.74. The molecule has 4 heteroatoms. The minimum Gasteiger partial charge on any atom is -0.468 e. The van der Waals surface area contributed by atoms with Gasteiger partial charge in [-0.15, -0.1) is 0 Å². The molecule has 0 aromatic carbocycles. The molecule has 2 aliphatic heterocycles. The molecule has 2 aliphatic rings. The second-order valence-corrected chi connectivity index (χ2v) is 4.03. The summed E-state index contributed by atoms with van der Waals surface area (Å²) in [5.74, 6) is 0. The summed E-state index contributed by atoms with van der Waals surface area (Å²) in [4.78, 5) is 6.19. The molecule has 0 aromatic rings. The van der Waals surface area contributed by atoms with E-state index in [1.165, 1.54) is 0 Å². The number of rotatable bonds is 0. The van der Waals surface area contributed by atoms with E-state index in [1.54, 1.807) is 12.5 Å². The van der Waals surface area contributed by atoms with E-state index in [9.17, 15) is 0 Å². The van der Waals surface area contributed by atoms with E-state index in [2.05, 4.69) is 24.9 Å². The minimum atomic E-state index is -0.429. The Morgan fingerprint density at radius 1 is 1.36 bits per heavy atom. The minimum absolute atomic E-state index is 0. The van der Waals surface area contributed by atoms with E-state index in [0.717, 1.165) is 0 Å². The van der Waals surface area contributed by atoms with Crippen molar-refractivity contribution in [2.45, 2.75) is 19.6 Å². The standard InChI is InChI=1S/C10H14N2O.Y/c1-9(2)4-6-12(3)10(9)8-11-5-7-13-10;/h4-8H,1-3H3;. The van der Waals surface area contributed by atoms with Gasteiger partial charge in [0.05, 0.1) is 12.4 Å². The number of hydrogen-bond acceptors (Lipinski definition) is 3. The van der Waals surface area contributed by atoms with Gasteiger partial charge in [-0.25, -0.2) is 0 Å². The molecule has 3 nitrogen and oxygen atoms in total. The van der Waals surface area contributed by atoms with Gasteiger partial charge >= 0.3 is 0 Å². The molecular formula is C10H14N2OY. The van der Waals surface area contributed by atoms with E-state index in [-0.39, 0.29) is 38.1 Å². The van der Waals surface area contributed by atoms with Gasteiger partial charge < -0.3 is 9.64 Å². The van der Waals surface area contributed by atoms with E-state index in [0.29, 0.717) is 0 Å². The average Bonchev–Trinajstić information content (AvgIpc) is 2.33. The van der Waals surface area contributed by atoms with Crippen LogP contribution < -0.4 is 0 Å². The molecule has 0 saturated heterocycles. The van der Waals surface area contributed by atoms with Crippen molar-refractivity contribution in [3.8, 4) is 0 Å². The molecule has 0 bridgehead atoms. The summed E-state index contributed by atoms with van der Waals surface area (Å²) in [5.41, 5.74) is -0.474. The molecule has 73 valence electrons. The van der Waals surface area contributed by atoms with Crippen molar-refractivity contribution in [2.24, 2.45) is 10.4 Å². The van der Waals surface area contributed by atoms with Crippen LogP contribution in [0.4, 0.5) is 0 Å². The number of ether oxygens (including phenoxy) is 1. The first-order valence-electron chi connectivity index (χ1n) is 4.38. The zero-order valence-corrected chi connectivity index (χ0v) is 11.6. The van der Waals surface area contributed by atoms with E-state index < -0.39 is 5.72 Å². The molecule has 0 amide bonds. The molecule has 1 unspecified atom stereocenters. The van der Waals surface area contributed by atoms with Gasteiger partial charge in [-0.1, -0.05) is 19.9 Å². The fourth-order valence-corrected chi connectivity index (χ4v) is 1.82. The Hall–Kier alpha value is -0.146. The van der Waals surface area contributed by atoms with Gasteiger partial charge in [0.2, 0.25) is 5.72 Å². The number of hydrogen-bond donors (Lipinski definition) is 0. The largest absolute Gasteiger partial charge is 0.468 e. The Morgan fingerprint density at radius 2 is 2.07 bits per heavy atom. The van der Waals surface area contributed by atoms with Crippen LogP contribution in [0, 0.1) is 5.41 Å². The summed E-state index contributed by atoms with van der Waals surface area (Å²) in [6.45, 7) is 4.27. The van der Waals surface area contributed by atoms with Gasteiger partial charge in [0.1, 0.15) is 6.26 Å². The molecule has 1 atom stereocenters. The van der Waals surface area contributed by atoms with Crippen LogP contribution in [0.1, 0.15) is 13.8 Å². The maximum absolute atomic E-state index is 5.69. The van der Waals surface area contributed by atoms with Crippen LogP contribution in [0.2, 0.25) is 0 Å². The summed E-state index contributed by atoms with van der Waals surface area (Å²) in [6, 6.07) is 0. The fraction of sp³-hybridized carbons (Fsp3) is 0.500. The van der Waals surface area contributed by atoms with Crippen LogP contribution in [-0.4, -0.2) is 23.9 Å². The number of nitrogens with zero attached hydrogens (tertiary/aromatic N) is 2. The van der Waals surface area contributed by atoms with Crippen molar-refractivity contribution in [1.29, 1.82) is 0 Å². The van der Waals surface area contributed by atoms with E-state index >= 15 is 0 Å². The van der Waals surface area contributed by atoms with Crippen LogP contribution in [0.3, 0.4) is 0 Å². The molecule has 1 radical (unpaired) electrons. The normalized spacial score (nSPS) is 31.8. The van der Waals surface area contributed by atoms with Crippen LogP contribution in [0.15, 0.2) is 29.7 Å². The van der Waals surface area contributed by atoms with Crippen molar-refractivity contribution >= 4 is 6.21 Å². The van der Waals surface area contributed by atoms with Crippen LogP contribution in [0.5, 0.6) is 0 Å². The second kappa shape index (κ2) is 3.78. The van der Waals surface area contributed by atoms with Crippen molar-refractivity contribution in [1.82, 2.24) is 4.90 Å². The molecule has 0 aromatic heterocycles. The smallest absolute Gasteiger partial charge is 0.226 e. The molecule has 0 saturated carbocycles. The summed E-state index contributed by atoms with van der Waals surface area (Å²) in [6.07, 6.45) is 9.33. The van der Waals surface area contributed by atoms with Crippen LogP contribution in [-0.2, 0) is 37.4 Å². The third kappa shape index (κ3) is 1.47. The van der Waals surface area contributed by atoms with E-state index in [4.69, 9.17) is 4.74 Å². The first-order valence-corrected chi connectivity index (χ1v) is 4.38. The first kappa shape index (κ1) is 11.9. The molecule has 1 spiro atoms. The second-order valence-electron chi connectivity index (χ2n) is 4.03. The van der Waals surface area contributed by atoms with Gasteiger partial charge in [0.25, 0.3) is 0 Å². The zero-order chi connectivity index (χ0) is 9.53. The maximum Gasteiger partial charge on any atom is 0.226 e. The third-order valence-corrected chi connectivity index (χ3v) is 2.81. The first-order chi connectivity index (χ1) is 6.08. The van der Waals surface area contributed by atoms with Gasteiger partial charge in [-0.05, 0) is 6.20 Å². The zero-order valence-electron chi connectivity index (χ0n) is 8.77. The fourth-order valence-electron chi connectivity index (χ4n) is 1.82. The maximum atomic E-state index is 5.69. The van der Waals surface area contributed by atoms with Gasteiger partial charge in [0.15, 0.2) is 0 Å². The van der Waals surface area contributed by atoms with Crippen LogP contribution >= 0.6 is 0 Å². The molecule has 0 N–H and O–H groups in total. The SMILES string of the molecule is CN1C=CC(C)(C)C12C=NC=CO2.[Y]. The Morgan fingerprint density at radius 3 is 2.50 bits per heavy atom. The number of aliphatic imine (C=N–C) groups is 1. The Balaban J connectivity index is 0.000000980. The topological polar surface area (TPSA) is 24.8 Å². The van der Waals surface area contributed by atoms with Crippen molar-refractivity contribution < 1.29 is 37.4 Å². The van der Waals surface area contributed by atoms with Crippen LogP contribution in [0.25, 0.3) is 0 Å². The van der Waals surface area contributed by atoms with Crippen molar-refractivity contribution in [3.63, 3.8) is 0 Å². The Labute approximate surface area is 110 Å².